The maximum atomic E-state index is 12.0. The Labute approximate surface area is 149 Å². The predicted octanol–water partition coefficient (Wildman–Crippen LogP) is 2.50. The molecule has 25 heavy (non-hydrogen) atoms. The quantitative estimate of drug-likeness (QED) is 0.673. The number of benzene rings is 1. The van der Waals surface area contributed by atoms with Crippen LogP contribution in [0.15, 0.2) is 29.1 Å². The van der Waals surface area contributed by atoms with Crippen LogP contribution in [0.3, 0.4) is 0 Å². The van der Waals surface area contributed by atoms with Crippen molar-refractivity contribution in [2.75, 3.05) is 25.7 Å². The third-order valence-electron chi connectivity index (χ3n) is 3.64. The summed E-state index contributed by atoms with van der Waals surface area (Å²) in [5.74, 6) is 1.42. The molecule has 0 spiro atoms. The van der Waals surface area contributed by atoms with Gasteiger partial charge in [0, 0.05) is 25.4 Å². The molecule has 0 saturated heterocycles. The van der Waals surface area contributed by atoms with Crippen LogP contribution in [-0.4, -0.2) is 35.4 Å². The monoisotopic (exact) mass is 360 g/mol. The summed E-state index contributed by atoms with van der Waals surface area (Å²) in [4.78, 5) is 18.9. The van der Waals surface area contributed by atoms with Gasteiger partial charge in [-0.2, -0.15) is 4.52 Å². The molecule has 7 nitrogen and oxygen atoms in total. The van der Waals surface area contributed by atoms with Crippen LogP contribution in [-0.2, 0) is 6.54 Å². The second-order valence-electron chi connectivity index (χ2n) is 5.59. The van der Waals surface area contributed by atoms with Crippen LogP contribution in [0, 0.1) is 6.92 Å². The SMILES string of the molecule is CCOc1ccc(CN(C)c2nn3c(=O)cc(C)nc3s2)cc1OC. The predicted molar refractivity (Wildman–Crippen MR) is 98.1 cm³/mol. The van der Waals surface area contributed by atoms with Crippen LogP contribution in [0.5, 0.6) is 11.5 Å². The zero-order chi connectivity index (χ0) is 18.0. The lowest BCUT2D eigenvalue weighted by atomic mass is 10.2. The molecule has 8 heteroatoms. The Morgan fingerprint density at radius 2 is 2.08 bits per heavy atom. The van der Waals surface area contributed by atoms with Crippen molar-refractivity contribution in [3.63, 3.8) is 0 Å². The van der Waals surface area contributed by atoms with Gasteiger partial charge in [0.05, 0.1) is 13.7 Å². The van der Waals surface area contributed by atoms with Crippen LogP contribution in [0.4, 0.5) is 5.13 Å². The van der Waals surface area contributed by atoms with Gasteiger partial charge < -0.3 is 14.4 Å². The highest BCUT2D eigenvalue weighted by atomic mass is 32.1. The number of anilines is 1. The van der Waals surface area contributed by atoms with Crippen LogP contribution in [0.25, 0.3) is 4.96 Å². The van der Waals surface area contributed by atoms with Gasteiger partial charge in [-0.1, -0.05) is 17.4 Å². The van der Waals surface area contributed by atoms with Gasteiger partial charge in [0.2, 0.25) is 10.1 Å². The van der Waals surface area contributed by atoms with Crippen LogP contribution >= 0.6 is 11.3 Å². The molecule has 2 aromatic heterocycles. The van der Waals surface area contributed by atoms with E-state index in [2.05, 4.69) is 10.1 Å². The lowest BCUT2D eigenvalue weighted by Gasteiger charge is -2.16. The van der Waals surface area contributed by atoms with Crippen molar-refractivity contribution in [3.8, 4) is 11.5 Å². The standard InChI is InChI=1S/C17H20N4O3S/c1-5-24-13-7-6-12(9-14(13)23-4)10-20(3)17-19-21-15(22)8-11(2)18-16(21)25-17/h6-9H,5,10H2,1-4H3. The summed E-state index contributed by atoms with van der Waals surface area (Å²) in [6.45, 7) is 4.95. The van der Waals surface area contributed by atoms with Crippen molar-refractivity contribution >= 4 is 21.4 Å². The van der Waals surface area contributed by atoms with Crippen molar-refractivity contribution in [2.45, 2.75) is 20.4 Å². The molecule has 0 atom stereocenters. The summed E-state index contributed by atoms with van der Waals surface area (Å²) >= 11 is 1.38. The van der Waals surface area contributed by atoms with E-state index < -0.39 is 0 Å². The molecule has 0 aliphatic heterocycles. The van der Waals surface area contributed by atoms with E-state index >= 15 is 0 Å². The zero-order valence-electron chi connectivity index (χ0n) is 14.6. The average Bonchev–Trinajstić information content (AvgIpc) is 3.01. The second-order valence-corrected chi connectivity index (χ2v) is 6.52. The summed E-state index contributed by atoms with van der Waals surface area (Å²) in [6, 6.07) is 7.32. The molecule has 0 aliphatic rings. The molecular weight excluding hydrogens is 340 g/mol. The highest BCUT2D eigenvalue weighted by Crippen LogP contribution is 2.29. The first kappa shape index (κ1) is 17.2. The van der Waals surface area contributed by atoms with Gasteiger partial charge in [0.25, 0.3) is 5.56 Å². The van der Waals surface area contributed by atoms with Gasteiger partial charge in [-0.25, -0.2) is 4.98 Å². The molecule has 2 heterocycles. The van der Waals surface area contributed by atoms with E-state index in [0.29, 0.717) is 29.6 Å². The molecule has 0 fully saturated rings. The van der Waals surface area contributed by atoms with E-state index in [0.717, 1.165) is 16.4 Å². The summed E-state index contributed by atoms with van der Waals surface area (Å²) < 4.78 is 12.3. The average molecular weight is 360 g/mol. The fourth-order valence-corrected chi connectivity index (χ4v) is 3.40. The minimum absolute atomic E-state index is 0.166. The number of aryl methyl sites for hydroxylation is 1. The number of hydrogen-bond acceptors (Lipinski definition) is 7. The Bertz CT molecular complexity index is 951. The maximum absolute atomic E-state index is 12.0. The lowest BCUT2D eigenvalue weighted by molar-refractivity contribution is 0.310. The molecule has 3 rings (SSSR count). The minimum Gasteiger partial charge on any atom is -0.493 e. The Morgan fingerprint density at radius 1 is 1.28 bits per heavy atom. The molecule has 0 N–H and O–H groups in total. The summed E-state index contributed by atoms with van der Waals surface area (Å²) in [6.07, 6.45) is 0. The molecule has 0 bridgehead atoms. The molecule has 0 unspecified atom stereocenters. The number of rotatable bonds is 6. The van der Waals surface area contributed by atoms with Crippen molar-refractivity contribution in [1.82, 2.24) is 14.6 Å². The Hall–Kier alpha value is -2.61. The molecule has 0 radical (unpaired) electrons. The second kappa shape index (κ2) is 7.10. The third kappa shape index (κ3) is 3.58. The fraction of sp³-hybridized carbons (Fsp3) is 0.353. The number of hydrogen-bond donors (Lipinski definition) is 0. The number of nitrogens with zero attached hydrogens (tertiary/aromatic N) is 4. The van der Waals surface area contributed by atoms with Gasteiger partial charge in [-0.05, 0) is 31.5 Å². The van der Waals surface area contributed by atoms with Crippen molar-refractivity contribution in [2.24, 2.45) is 0 Å². The van der Waals surface area contributed by atoms with E-state index in [4.69, 9.17) is 9.47 Å². The first-order valence-electron chi connectivity index (χ1n) is 7.90. The Morgan fingerprint density at radius 3 is 2.80 bits per heavy atom. The Kier molecular flexibility index (Phi) is 4.89. The number of aromatic nitrogens is 3. The van der Waals surface area contributed by atoms with Gasteiger partial charge in [0.1, 0.15) is 0 Å². The molecule has 0 saturated carbocycles. The van der Waals surface area contributed by atoms with Crippen LogP contribution < -0.4 is 19.9 Å². The Balaban J connectivity index is 1.86. The largest absolute Gasteiger partial charge is 0.493 e. The van der Waals surface area contributed by atoms with Gasteiger partial charge in [0.15, 0.2) is 11.5 Å². The van der Waals surface area contributed by atoms with Gasteiger partial charge in [-0.15, -0.1) is 5.10 Å². The highest BCUT2D eigenvalue weighted by Gasteiger charge is 2.13. The normalized spacial score (nSPS) is 10.9. The molecular formula is C17H20N4O3S. The van der Waals surface area contributed by atoms with E-state index in [1.54, 1.807) is 14.0 Å². The first-order valence-corrected chi connectivity index (χ1v) is 8.72. The number of ether oxygens (including phenoxy) is 2. The molecule has 0 aliphatic carbocycles. The van der Waals surface area contributed by atoms with E-state index in [-0.39, 0.29) is 5.56 Å². The maximum Gasteiger partial charge on any atom is 0.275 e. The highest BCUT2D eigenvalue weighted by molar-refractivity contribution is 7.20. The molecule has 132 valence electrons. The van der Waals surface area contributed by atoms with Crippen molar-refractivity contribution in [3.05, 3.63) is 45.9 Å². The zero-order valence-corrected chi connectivity index (χ0v) is 15.5. The van der Waals surface area contributed by atoms with Crippen molar-refractivity contribution < 1.29 is 9.47 Å². The fourth-order valence-electron chi connectivity index (χ4n) is 2.49. The van der Waals surface area contributed by atoms with Gasteiger partial charge in [-0.3, -0.25) is 4.79 Å². The summed E-state index contributed by atoms with van der Waals surface area (Å²) in [5, 5.41) is 5.09. The third-order valence-corrected chi connectivity index (χ3v) is 4.66. The first-order chi connectivity index (χ1) is 12.0. The lowest BCUT2D eigenvalue weighted by Crippen LogP contribution is -2.18. The van der Waals surface area contributed by atoms with Crippen LogP contribution in [0.1, 0.15) is 18.2 Å². The van der Waals surface area contributed by atoms with E-state index in [9.17, 15) is 4.79 Å². The van der Waals surface area contributed by atoms with Gasteiger partial charge >= 0.3 is 0 Å². The van der Waals surface area contributed by atoms with Crippen molar-refractivity contribution in [1.29, 1.82) is 0 Å². The topological polar surface area (TPSA) is 69.0 Å². The van der Waals surface area contributed by atoms with E-state index in [1.807, 2.05) is 37.1 Å². The minimum atomic E-state index is -0.166. The van der Waals surface area contributed by atoms with E-state index in [1.165, 1.54) is 21.9 Å². The molecule has 3 aromatic rings. The van der Waals surface area contributed by atoms with Crippen LogP contribution in [0.2, 0.25) is 0 Å². The summed E-state index contributed by atoms with van der Waals surface area (Å²) in [5.41, 5.74) is 1.58. The number of fused-ring (bicyclic) bond motifs is 1. The summed E-state index contributed by atoms with van der Waals surface area (Å²) in [7, 11) is 3.55. The molecule has 1 aromatic carbocycles. The molecule has 0 amide bonds. The number of methoxy groups -OCH3 is 1. The smallest absolute Gasteiger partial charge is 0.275 e.